The van der Waals surface area contributed by atoms with E-state index in [0.29, 0.717) is 5.52 Å². The zero-order valence-electron chi connectivity index (χ0n) is 12.7. The van der Waals surface area contributed by atoms with Crippen LogP contribution in [0.1, 0.15) is 19.9 Å². The second kappa shape index (κ2) is 5.21. The van der Waals surface area contributed by atoms with Gasteiger partial charge in [-0.2, -0.15) is 0 Å². The topological polar surface area (TPSA) is 64.8 Å². The van der Waals surface area contributed by atoms with Gasteiger partial charge in [0.15, 0.2) is 9.84 Å². The summed E-state index contributed by atoms with van der Waals surface area (Å²) in [6.45, 7) is 4.15. The molecule has 0 spiro atoms. The number of hydrogen-bond acceptors (Lipinski definition) is 4. The van der Waals surface area contributed by atoms with Crippen molar-refractivity contribution in [1.82, 2.24) is 14.5 Å². The van der Waals surface area contributed by atoms with Crippen molar-refractivity contribution in [2.45, 2.75) is 24.8 Å². The average molecular weight is 315 g/mol. The van der Waals surface area contributed by atoms with Gasteiger partial charge < -0.3 is 4.57 Å². The van der Waals surface area contributed by atoms with Crippen molar-refractivity contribution in [1.29, 1.82) is 0 Å². The van der Waals surface area contributed by atoms with Crippen LogP contribution >= 0.6 is 0 Å². The number of fused-ring (bicyclic) bond motifs is 1. The Morgan fingerprint density at radius 1 is 1.18 bits per heavy atom. The Morgan fingerprint density at radius 2 is 1.95 bits per heavy atom. The van der Waals surface area contributed by atoms with Crippen LogP contribution in [0, 0.1) is 0 Å². The minimum Gasteiger partial charge on any atom is -0.321 e. The van der Waals surface area contributed by atoms with Gasteiger partial charge in [-0.05, 0) is 44.2 Å². The highest BCUT2D eigenvalue weighted by molar-refractivity contribution is 7.90. The van der Waals surface area contributed by atoms with E-state index in [4.69, 9.17) is 0 Å². The van der Waals surface area contributed by atoms with E-state index in [0.717, 1.165) is 16.9 Å². The van der Waals surface area contributed by atoms with Crippen LogP contribution in [-0.2, 0) is 9.84 Å². The lowest BCUT2D eigenvalue weighted by molar-refractivity contribution is 0.602. The normalized spacial score (nSPS) is 12.2. The number of nitrogens with zero attached hydrogens (tertiary/aromatic N) is 3. The number of pyridine rings is 1. The molecule has 3 aromatic rings. The van der Waals surface area contributed by atoms with Crippen LogP contribution in [0.4, 0.5) is 0 Å². The Labute approximate surface area is 129 Å². The van der Waals surface area contributed by atoms with E-state index in [9.17, 15) is 8.42 Å². The van der Waals surface area contributed by atoms with E-state index in [1.165, 1.54) is 6.26 Å². The first kappa shape index (κ1) is 14.7. The molecule has 0 bridgehead atoms. The first-order valence-corrected chi connectivity index (χ1v) is 8.89. The van der Waals surface area contributed by atoms with Gasteiger partial charge in [0.05, 0.1) is 15.9 Å². The molecule has 1 aromatic carbocycles. The molecule has 0 amide bonds. The predicted molar refractivity (Wildman–Crippen MR) is 86.5 cm³/mol. The number of imidazole rings is 1. The summed E-state index contributed by atoms with van der Waals surface area (Å²) in [5.74, 6) is 0.795. The van der Waals surface area contributed by atoms with Crippen LogP contribution in [-0.4, -0.2) is 29.2 Å². The second-order valence-electron chi connectivity index (χ2n) is 5.56. The summed E-state index contributed by atoms with van der Waals surface area (Å²) in [5, 5.41) is 0. The second-order valence-corrected chi connectivity index (χ2v) is 7.58. The maximum Gasteiger partial charge on any atom is 0.175 e. The Bertz CT molecular complexity index is 929. The molecule has 2 aromatic heterocycles. The smallest absolute Gasteiger partial charge is 0.175 e. The summed E-state index contributed by atoms with van der Waals surface area (Å²) in [7, 11) is -3.24. The fraction of sp³-hybridized carbons (Fsp3) is 0.250. The quantitative estimate of drug-likeness (QED) is 0.745. The van der Waals surface area contributed by atoms with Gasteiger partial charge in [0.25, 0.3) is 0 Å². The molecule has 3 rings (SSSR count). The predicted octanol–water partition coefficient (Wildman–Crippen LogP) is 3.08. The zero-order chi connectivity index (χ0) is 15.9. The SMILES string of the molecule is CC(C)n1c(-c2cccnc2)nc2cc(S(C)(=O)=O)ccc21. The van der Waals surface area contributed by atoms with E-state index in [2.05, 4.69) is 28.4 Å². The first-order valence-electron chi connectivity index (χ1n) is 7.00. The molecular formula is C16H17N3O2S. The zero-order valence-corrected chi connectivity index (χ0v) is 13.5. The van der Waals surface area contributed by atoms with Gasteiger partial charge in [-0.1, -0.05) is 0 Å². The molecule has 0 saturated heterocycles. The van der Waals surface area contributed by atoms with E-state index >= 15 is 0 Å². The van der Waals surface area contributed by atoms with Gasteiger partial charge in [-0.15, -0.1) is 0 Å². The van der Waals surface area contributed by atoms with Crippen LogP contribution in [0.15, 0.2) is 47.6 Å². The molecule has 0 fully saturated rings. The molecule has 22 heavy (non-hydrogen) atoms. The monoisotopic (exact) mass is 315 g/mol. The third-order valence-electron chi connectivity index (χ3n) is 3.53. The van der Waals surface area contributed by atoms with Crippen molar-refractivity contribution in [2.75, 3.05) is 6.26 Å². The van der Waals surface area contributed by atoms with Crippen molar-refractivity contribution in [3.63, 3.8) is 0 Å². The fourth-order valence-corrected chi connectivity index (χ4v) is 3.17. The molecule has 0 radical (unpaired) electrons. The van der Waals surface area contributed by atoms with Crippen molar-refractivity contribution < 1.29 is 8.42 Å². The molecule has 0 saturated carbocycles. The third-order valence-corrected chi connectivity index (χ3v) is 4.64. The number of hydrogen-bond donors (Lipinski definition) is 0. The van der Waals surface area contributed by atoms with Crippen LogP contribution in [0.5, 0.6) is 0 Å². The maximum atomic E-state index is 11.7. The van der Waals surface area contributed by atoms with Crippen molar-refractivity contribution in [2.24, 2.45) is 0 Å². The van der Waals surface area contributed by atoms with Gasteiger partial charge in [0.1, 0.15) is 5.82 Å². The molecule has 6 heteroatoms. The maximum absolute atomic E-state index is 11.7. The Kier molecular flexibility index (Phi) is 3.48. The number of sulfone groups is 1. The standard InChI is InChI=1S/C16H17N3O2S/c1-11(2)19-15-7-6-13(22(3,20)21)9-14(15)18-16(19)12-5-4-8-17-10-12/h4-11H,1-3H3. The molecule has 0 aliphatic heterocycles. The summed E-state index contributed by atoms with van der Waals surface area (Å²) in [4.78, 5) is 9.06. The molecule has 0 N–H and O–H groups in total. The van der Waals surface area contributed by atoms with E-state index in [1.807, 2.05) is 18.2 Å². The van der Waals surface area contributed by atoms with Crippen molar-refractivity contribution in [3.8, 4) is 11.4 Å². The third kappa shape index (κ3) is 2.50. The fourth-order valence-electron chi connectivity index (χ4n) is 2.53. The Morgan fingerprint density at radius 3 is 2.55 bits per heavy atom. The molecule has 0 aliphatic rings. The first-order chi connectivity index (χ1) is 10.4. The van der Waals surface area contributed by atoms with Crippen molar-refractivity contribution >= 4 is 20.9 Å². The van der Waals surface area contributed by atoms with Gasteiger partial charge in [-0.3, -0.25) is 4.98 Å². The van der Waals surface area contributed by atoms with Gasteiger partial charge in [0, 0.05) is 30.3 Å². The van der Waals surface area contributed by atoms with E-state index in [-0.39, 0.29) is 10.9 Å². The summed E-state index contributed by atoms with van der Waals surface area (Å²) >= 11 is 0. The number of benzene rings is 1. The minimum absolute atomic E-state index is 0.198. The molecule has 5 nitrogen and oxygen atoms in total. The molecule has 114 valence electrons. The molecule has 2 heterocycles. The van der Waals surface area contributed by atoms with Crippen molar-refractivity contribution in [3.05, 3.63) is 42.7 Å². The summed E-state index contributed by atoms with van der Waals surface area (Å²) in [6.07, 6.45) is 4.68. The average Bonchev–Trinajstić information content (AvgIpc) is 2.85. The van der Waals surface area contributed by atoms with E-state index < -0.39 is 9.84 Å². The lowest BCUT2D eigenvalue weighted by Crippen LogP contribution is -2.03. The van der Waals surface area contributed by atoms with Gasteiger partial charge >= 0.3 is 0 Å². The van der Waals surface area contributed by atoms with Crippen LogP contribution in [0.25, 0.3) is 22.4 Å². The molecular weight excluding hydrogens is 298 g/mol. The summed E-state index contributed by atoms with van der Waals surface area (Å²) in [6, 6.07) is 9.09. The Balaban J connectivity index is 2.31. The largest absolute Gasteiger partial charge is 0.321 e. The van der Waals surface area contributed by atoms with Crippen LogP contribution in [0.2, 0.25) is 0 Å². The number of aromatic nitrogens is 3. The summed E-state index contributed by atoms with van der Waals surface area (Å²) in [5.41, 5.74) is 2.50. The van der Waals surface area contributed by atoms with Gasteiger partial charge in [0.2, 0.25) is 0 Å². The molecule has 0 unspecified atom stereocenters. The molecule has 0 atom stereocenters. The van der Waals surface area contributed by atoms with Gasteiger partial charge in [-0.25, -0.2) is 13.4 Å². The Hall–Kier alpha value is -2.21. The highest BCUT2D eigenvalue weighted by atomic mass is 32.2. The van der Waals surface area contributed by atoms with E-state index in [1.54, 1.807) is 24.5 Å². The highest BCUT2D eigenvalue weighted by Gasteiger charge is 2.17. The highest BCUT2D eigenvalue weighted by Crippen LogP contribution is 2.29. The minimum atomic E-state index is -3.24. The summed E-state index contributed by atoms with van der Waals surface area (Å²) < 4.78 is 25.6. The lowest BCUT2D eigenvalue weighted by Gasteiger charge is -2.13. The molecule has 0 aliphatic carbocycles. The number of rotatable bonds is 3. The van der Waals surface area contributed by atoms with Crippen LogP contribution < -0.4 is 0 Å². The lowest BCUT2D eigenvalue weighted by atomic mass is 10.2. The van der Waals surface area contributed by atoms with Crippen LogP contribution in [0.3, 0.4) is 0 Å².